The van der Waals surface area contributed by atoms with Gasteiger partial charge in [-0.25, -0.2) is 0 Å². The van der Waals surface area contributed by atoms with Crippen LogP contribution in [0.25, 0.3) is 98.4 Å². The van der Waals surface area contributed by atoms with E-state index in [4.69, 9.17) is 0 Å². The number of fused-ring (bicyclic) bond motifs is 5. The molecule has 232 valence electrons. The molecule has 0 unspecified atom stereocenters. The first-order valence-electron chi connectivity index (χ1n) is 17.3. The summed E-state index contributed by atoms with van der Waals surface area (Å²) in [5.74, 6) is 0. The van der Waals surface area contributed by atoms with Crippen molar-refractivity contribution in [2.24, 2.45) is 0 Å². The van der Waals surface area contributed by atoms with Crippen LogP contribution in [0.5, 0.6) is 0 Å². The number of hydrogen-bond donors (Lipinski definition) is 0. The van der Waals surface area contributed by atoms with Crippen molar-refractivity contribution in [1.29, 1.82) is 0 Å². The Morgan fingerprint density at radius 3 is 0.900 bits per heavy atom. The summed E-state index contributed by atoms with van der Waals surface area (Å²) in [6.07, 6.45) is 0. The van der Waals surface area contributed by atoms with Gasteiger partial charge in [-0.3, -0.25) is 0 Å². The van der Waals surface area contributed by atoms with E-state index < -0.39 is 0 Å². The molecule has 0 nitrogen and oxygen atoms in total. The predicted molar refractivity (Wildman–Crippen MR) is 216 cm³/mol. The van der Waals surface area contributed by atoms with Crippen LogP contribution >= 0.6 is 0 Å². The van der Waals surface area contributed by atoms with Crippen LogP contribution in [0.15, 0.2) is 194 Å². The lowest BCUT2D eigenvalue weighted by atomic mass is 9.84. The molecule has 0 saturated heterocycles. The highest BCUT2D eigenvalue weighted by Gasteiger charge is 2.18. The fraction of sp³-hybridized carbons (Fsp3) is 0. The Labute approximate surface area is 291 Å². The van der Waals surface area contributed by atoms with E-state index in [1.165, 1.54) is 98.4 Å². The maximum atomic E-state index is 2.40. The number of hydrogen-bond acceptors (Lipinski definition) is 0. The van der Waals surface area contributed by atoms with Crippen molar-refractivity contribution in [2.75, 3.05) is 0 Å². The van der Waals surface area contributed by atoms with Crippen LogP contribution in [0.2, 0.25) is 0 Å². The SMILES string of the molecule is c1ccc2cc(-c3cc(-c4ccc5ccccc5c4)cc(-c4c5ccccc5c(-c5ccc6ccccc6c5)c5ccccc45)c3)ccc2c1. The normalized spacial score (nSPS) is 11.6. The van der Waals surface area contributed by atoms with Gasteiger partial charge in [-0.2, -0.15) is 0 Å². The van der Waals surface area contributed by atoms with Gasteiger partial charge >= 0.3 is 0 Å². The summed E-state index contributed by atoms with van der Waals surface area (Å²) in [7, 11) is 0. The third-order valence-corrected chi connectivity index (χ3v) is 10.4. The molecule has 0 aliphatic rings. The summed E-state index contributed by atoms with van der Waals surface area (Å²) in [5.41, 5.74) is 9.87. The van der Waals surface area contributed by atoms with Crippen LogP contribution in [-0.2, 0) is 0 Å². The molecule has 0 aromatic heterocycles. The zero-order chi connectivity index (χ0) is 33.0. The lowest BCUT2D eigenvalue weighted by molar-refractivity contribution is 1.60. The van der Waals surface area contributed by atoms with E-state index in [2.05, 4.69) is 194 Å². The first-order chi connectivity index (χ1) is 24.8. The molecular formula is C50H32. The van der Waals surface area contributed by atoms with Crippen molar-refractivity contribution in [2.45, 2.75) is 0 Å². The van der Waals surface area contributed by atoms with E-state index >= 15 is 0 Å². The van der Waals surface area contributed by atoms with Crippen LogP contribution in [-0.4, -0.2) is 0 Å². The molecular weight excluding hydrogens is 601 g/mol. The average Bonchev–Trinajstić information content (AvgIpc) is 3.19. The summed E-state index contributed by atoms with van der Waals surface area (Å²) < 4.78 is 0. The van der Waals surface area contributed by atoms with Gasteiger partial charge in [0, 0.05) is 0 Å². The second kappa shape index (κ2) is 11.6. The summed E-state index contributed by atoms with van der Waals surface area (Å²) in [6.45, 7) is 0. The standard InChI is InChI=1S/C50H32/c1-4-14-36-27-39(24-21-33(36)11-1)42-30-43(40-25-22-34-12-2-5-15-37(34)28-40)32-44(31-42)50-47-19-9-7-17-45(47)49(46-18-8-10-20-48(46)50)41-26-23-35-13-3-6-16-38(35)29-41/h1-32H. The Hall–Kier alpha value is -6.50. The molecule has 0 radical (unpaired) electrons. The van der Waals surface area contributed by atoms with Crippen LogP contribution < -0.4 is 0 Å². The fourth-order valence-electron chi connectivity index (χ4n) is 7.94. The van der Waals surface area contributed by atoms with E-state index in [1.807, 2.05) is 0 Å². The van der Waals surface area contributed by atoms with Gasteiger partial charge in [-0.05, 0) is 135 Å². The molecule has 50 heavy (non-hydrogen) atoms. The monoisotopic (exact) mass is 632 g/mol. The predicted octanol–water partition coefficient (Wildman–Crippen LogP) is 14.1. The minimum absolute atomic E-state index is 1.21. The van der Waals surface area contributed by atoms with Gasteiger partial charge in [-0.1, -0.05) is 158 Å². The number of rotatable bonds is 4. The first kappa shape index (κ1) is 28.5. The molecule has 0 bridgehead atoms. The highest BCUT2D eigenvalue weighted by atomic mass is 14.2. The molecule has 0 N–H and O–H groups in total. The third-order valence-electron chi connectivity index (χ3n) is 10.4. The lowest BCUT2D eigenvalue weighted by Crippen LogP contribution is -1.92. The smallest absolute Gasteiger partial charge is 0.00259 e. The van der Waals surface area contributed by atoms with Gasteiger partial charge in [0.1, 0.15) is 0 Å². The van der Waals surface area contributed by atoms with E-state index in [0.717, 1.165) is 0 Å². The van der Waals surface area contributed by atoms with Crippen molar-refractivity contribution in [1.82, 2.24) is 0 Å². The molecule has 0 amide bonds. The summed E-state index contributed by atoms with van der Waals surface area (Å²) in [5, 5.41) is 12.6. The largest absolute Gasteiger partial charge is 0.0616 e. The van der Waals surface area contributed by atoms with E-state index in [0.29, 0.717) is 0 Å². The van der Waals surface area contributed by atoms with E-state index in [-0.39, 0.29) is 0 Å². The highest BCUT2D eigenvalue weighted by Crippen LogP contribution is 2.46. The highest BCUT2D eigenvalue weighted by molar-refractivity contribution is 6.22. The zero-order valence-corrected chi connectivity index (χ0v) is 27.5. The first-order valence-corrected chi connectivity index (χ1v) is 17.3. The topological polar surface area (TPSA) is 0 Å². The van der Waals surface area contributed by atoms with Crippen LogP contribution in [0.3, 0.4) is 0 Å². The van der Waals surface area contributed by atoms with E-state index in [1.54, 1.807) is 0 Å². The second-order valence-corrected chi connectivity index (χ2v) is 13.3. The molecule has 0 saturated carbocycles. The molecule has 0 atom stereocenters. The minimum atomic E-state index is 1.21. The van der Waals surface area contributed by atoms with Crippen LogP contribution in [0.1, 0.15) is 0 Å². The number of benzene rings is 10. The van der Waals surface area contributed by atoms with E-state index in [9.17, 15) is 0 Å². The molecule has 10 aromatic rings. The van der Waals surface area contributed by atoms with Crippen LogP contribution in [0, 0.1) is 0 Å². The molecule has 0 aliphatic carbocycles. The van der Waals surface area contributed by atoms with Crippen molar-refractivity contribution >= 4 is 53.9 Å². The average molecular weight is 633 g/mol. The Bertz CT molecular complexity index is 2770. The quantitative estimate of drug-likeness (QED) is 0.169. The van der Waals surface area contributed by atoms with Gasteiger partial charge in [0.15, 0.2) is 0 Å². The van der Waals surface area contributed by atoms with Gasteiger partial charge in [-0.15, -0.1) is 0 Å². The van der Waals surface area contributed by atoms with Gasteiger partial charge in [0.2, 0.25) is 0 Å². The molecule has 10 rings (SSSR count). The molecule has 0 heterocycles. The molecule has 0 aliphatic heterocycles. The van der Waals surface area contributed by atoms with Crippen molar-refractivity contribution in [3.63, 3.8) is 0 Å². The molecule has 0 heteroatoms. The third kappa shape index (κ3) is 4.77. The summed E-state index contributed by atoms with van der Waals surface area (Å²) in [6, 6.07) is 71.6. The minimum Gasteiger partial charge on any atom is -0.0616 e. The summed E-state index contributed by atoms with van der Waals surface area (Å²) in [4.78, 5) is 0. The fourth-order valence-corrected chi connectivity index (χ4v) is 7.94. The maximum Gasteiger partial charge on any atom is -0.00259 e. The van der Waals surface area contributed by atoms with Crippen LogP contribution in [0.4, 0.5) is 0 Å². The molecule has 0 spiro atoms. The van der Waals surface area contributed by atoms with Crippen molar-refractivity contribution < 1.29 is 0 Å². The lowest BCUT2D eigenvalue weighted by Gasteiger charge is -2.19. The van der Waals surface area contributed by atoms with Crippen molar-refractivity contribution in [3.8, 4) is 44.5 Å². The zero-order valence-electron chi connectivity index (χ0n) is 27.5. The Morgan fingerprint density at radius 2 is 0.480 bits per heavy atom. The molecule has 0 fully saturated rings. The van der Waals surface area contributed by atoms with Crippen molar-refractivity contribution in [3.05, 3.63) is 194 Å². The second-order valence-electron chi connectivity index (χ2n) is 13.3. The van der Waals surface area contributed by atoms with Gasteiger partial charge in [0.25, 0.3) is 0 Å². The molecule has 10 aromatic carbocycles. The Morgan fingerprint density at radius 1 is 0.180 bits per heavy atom. The van der Waals surface area contributed by atoms with Gasteiger partial charge < -0.3 is 0 Å². The van der Waals surface area contributed by atoms with Gasteiger partial charge in [0.05, 0.1) is 0 Å². The summed E-state index contributed by atoms with van der Waals surface area (Å²) >= 11 is 0. The maximum absolute atomic E-state index is 2.40. The Balaban J connectivity index is 1.27. The Kier molecular flexibility index (Phi) is 6.60.